The van der Waals surface area contributed by atoms with Crippen LogP contribution in [-0.2, 0) is 0 Å². The lowest BCUT2D eigenvalue weighted by Crippen LogP contribution is -2.37. The van der Waals surface area contributed by atoms with Crippen LogP contribution in [0.25, 0.3) is 0 Å². The third-order valence-corrected chi connectivity index (χ3v) is 3.77. The topological polar surface area (TPSA) is 29.0 Å². The first kappa shape index (κ1) is 12.9. The third kappa shape index (κ3) is 3.02. The van der Waals surface area contributed by atoms with Crippen LogP contribution >= 0.6 is 23.2 Å². The van der Waals surface area contributed by atoms with Gasteiger partial charge in [0.25, 0.3) is 0 Å². The van der Waals surface area contributed by atoms with E-state index in [4.69, 9.17) is 23.2 Å². The number of aromatic nitrogens is 2. The van der Waals surface area contributed by atoms with E-state index < -0.39 is 0 Å². The Morgan fingerprint density at radius 1 is 1.29 bits per heavy atom. The molecule has 0 radical (unpaired) electrons. The molecule has 3 nitrogen and oxygen atoms in total. The Balaban J connectivity index is 2.24. The van der Waals surface area contributed by atoms with E-state index in [9.17, 15) is 0 Å². The molecule has 0 unspecified atom stereocenters. The number of nitrogens with zero attached hydrogens (tertiary/aromatic N) is 3. The molecule has 1 aliphatic rings. The molecule has 1 saturated carbocycles. The largest absolute Gasteiger partial charge is 0.353 e. The van der Waals surface area contributed by atoms with Gasteiger partial charge in [-0.05, 0) is 31.4 Å². The van der Waals surface area contributed by atoms with Gasteiger partial charge < -0.3 is 4.90 Å². The highest BCUT2D eigenvalue weighted by molar-refractivity contribution is 6.33. The van der Waals surface area contributed by atoms with Crippen LogP contribution in [0.2, 0.25) is 10.3 Å². The summed E-state index contributed by atoms with van der Waals surface area (Å²) in [7, 11) is 0. The summed E-state index contributed by atoms with van der Waals surface area (Å²) in [6.07, 6.45) is 7.93. The van der Waals surface area contributed by atoms with E-state index in [0.29, 0.717) is 11.1 Å². The maximum atomic E-state index is 6.16. The second kappa shape index (κ2) is 5.87. The molecule has 94 valence electrons. The molecule has 1 aromatic heterocycles. The second-order valence-corrected chi connectivity index (χ2v) is 5.13. The van der Waals surface area contributed by atoms with E-state index in [2.05, 4.69) is 21.8 Å². The van der Waals surface area contributed by atoms with Crippen molar-refractivity contribution in [2.45, 2.75) is 45.1 Å². The van der Waals surface area contributed by atoms with Crippen molar-refractivity contribution < 1.29 is 0 Å². The second-order valence-electron chi connectivity index (χ2n) is 4.39. The molecule has 5 heteroatoms. The van der Waals surface area contributed by atoms with Crippen molar-refractivity contribution in [3.63, 3.8) is 0 Å². The van der Waals surface area contributed by atoms with Crippen LogP contribution in [0.5, 0.6) is 0 Å². The molecule has 0 aliphatic heterocycles. The number of hydrogen-bond acceptors (Lipinski definition) is 3. The lowest BCUT2D eigenvalue weighted by molar-refractivity contribution is 0.416. The Morgan fingerprint density at radius 3 is 2.65 bits per heavy atom. The molecule has 0 aromatic carbocycles. The monoisotopic (exact) mass is 273 g/mol. The average molecular weight is 274 g/mol. The highest BCUT2D eigenvalue weighted by Gasteiger charge is 2.23. The Hall–Kier alpha value is -0.540. The summed E-state index contributed by atoms with van der Waals surface area (Å²) in [5.41, 5.74) is 0. The van der Waals surface area contributed by atoms with E-state index in [0.717, 1.165) is 12.4 Å². The van der Waals surface area contributed by atoms with Gasteiger partial charge in [-0.2, -0.15) is 4.98 Å². The number of hydrogen-bond donors (Lipinski definition) is 0. The molecule has 1 aromatic rings. The quantitative estimate of drug-likeness (QED) is 0.782. The van der Waals surface area contributed by atoms with Crippen LogP contribution in [0.4, 0.5) is 5.82 Å². The molecular weight excluding hydrogens is 257 g/mol. The lowest BCUT2D eigenvalue weighted by atomic mass is 9.94. The molecular formula is C12H17Cl2N3. The van der Waals surface area contributed by atoms with Crippen molar-refractivity contribution in [1.82, 2.24) is 9.97 Å². The van der Waals surface area contributed by atoms with E-state index in [-0.39, 0.29) is 5.28 Å². The van der Waals surface area contributed by atoms with E-state index in [1.807, 2.05) is 0 Å². The van der Waals surface area contributed by atoms with Crippen LogP contribution in [0.1, 0.15) is 39.0 Å². The van der Waals surface area contributed by atoms with Crippen molar-refractivity contribution >= 4 is 29.0 Å². The van der Waals surface area contributed by atoms with Gasteiger partial charge in [-0.3, -0.25) is 0 Å². The number of anilines is 1. The van der Waals surface area contributed by atoms with E-state index in [1.165, 1.54) is 32.1 Å². The van der Waals surface area contributed by atoms with Crippen LogP contribution in [-0.4, -0.2) is 22.6 Å². The molecule has 1 fully saturated rings. The highest BCUT2D eigenvalue weighted by atomic mass is 35.5. The Bertz CT molecular complexity index is 378. The fraction of sp³-hybridized carbons (Fsp3) is 0.667. The van der Waals surface area contributed by atoms with Crippen molar-refractivity contribution in [3.05, 3.63) is 16.5 Å². The van der Waals surface area contributed by atoms with Crippen LogP contribution in [0.3, 0.4) is 0 Å². The summed E-state index contributed by atoms with van der Waals surface area (Å²) in [5.74, 6) is 0.779. The van der Waals surface area contributed by atoms with Crippen molar-refractivity contribution in [2.24, 2.45) is 0 Å². The van der Waals surface area contributed by atoms with Gasteiger partial charge in [-0.15, -0.1) is 0 Å². The van der Waals surface area contributed by atoms with Crippen LogP contribution < -0.4 is 4.90 Å². The number of rotatable bonds is 3. The van der Waals surface area contributed by atoms with Gasteiger partial charge in [0, 0.05) is 12.6 Å². The third-order valence-electron chi connectivity index (χ3n) is 3.32. The zero-order valence-electron chi connectivity index (χ0n) is 9.99. The summed E-state index contributed by atoms with van der Waals surface area (Å²) < 4.78 is 0. The van der Waals surface area contributed by atoms with Gasteiger partial charge >= 0.3 is 0 Å². The maximum absolute atomic E-state index is 6.16. The summed E-state index contributed by atoms with van der Waals surface area (Å²) in [6, 6.07) is 0.539. The summed E-state index contributed by atoms with van der Waals surface area (Å²) in [4.78, 5) is 10.4. The van der Waals surface area contributed by atoms with Gasteiger partial charge in [0.05, 0.1) is 6.20 Å². The van der Waals surface area contributed by atoms with E-state index >= 15 is 0 Å². The lowest BCUT2D eigenvalue weighted by Gasteiger charge is -2.34. The van der Waals surface area contributed by atoms with Crippen molar-refractivity contribution in [2.75, 3.05) is 11.4 Å². The normalized spacial score (nSPS) is 17.1. The standard InChI is InChI=1S/C12H17Cl2N3/c1-2-17(9-6-4-3-5-7-9)11-10(13)8-15-12(14)16-11/h8-9H,2-7H2,1H3. The first-order valence-corrected chi connectivity index (χ1v) is 6.92. The molecule has 0 bridgehead atoms. The summed E-state index contributed by atoms with van der Waals surface area (Å²) in [6.45, 7) is 3.03. The predicted octanol–water partition coefficient (Wildman–Crippen LogP) is 3.94. The molecule has 0 amide bonds. The van der Waals surface area contributed by atoms with Crippen LogP contribution in [0, 0.1) is 0 Å². The van der Waals surface area contributed by atoms with Gasteiger partial charge in [-0.25, -0.2) is 4.98 Å². The minimum absolute atomic E-state index is 0.263. The Labute approximate surface area is 112 Å². The smallest absolute Gasteiger partial charge is 0.224 e. The molecule has 2 rings (SSSR count). The molecule has 0 saturated heterocycles. The summed E-state index contributed by atoms with van der Waals surface area (Å²) in [5, 5.41) is 0.848. The molecule has 0 spiro atoms. The highest BCUT2D eigenvalue weighted by Crippen LogP contribution is 2.30. The first-order valence-electron chi connectivity index (χ1n) is 6.17. The van der Waals surface area contributed by atoms with Crippen molar-refractivity contribution in [1.29, 1.82) is 0 Å². The minimum atomic E-state index is 0.263. The minimum Gasteiger partial charge on any atom is -0.353 e. The SMILES string of the molecule is CCN(c1nc(Cl)ncc1Cl)C1CCCCC1. The number of halogens is 2. The Kier molecular flexibility index (Phi) is 4.46. The van der Waals surface area contributed by atoms with E-state index in [1.54, 1.807) is 6.20 Å². The van der Waals surface area contributed by atoms with Crippen LogP contribution in [0.15, 0.2) is 6.20 Å². The fourth-order valence-electron chi connectivity index (χ4n) is 2.51. The molecule has 17 heavy (non-hydrogen) atoms. The van der Waals surface area contributed by atoms with Gasteiger partial charge in [0.1, 0.15) is 5.02 Å². The molecule has 0 atom stereocenters. The fourth-order valence-corrected chi connectivity index (χ4v) is 2.84. The Morgan fingerprint density at radius 2 is 2.00 bits per heavy atom. The van der Waals surface area contributed by atoms with Crippen molar-refractivity contribution in [3.8, 4) is 0 Å². The first-order chi connectivity index (χ1) is 8.22. The zero-order chi connectivity index (χ0) is 12.3. The van der Waals surface area contributed by atoms with Gasteiger partial charge in [0.15, 0.2) is 5.82 Å². The van der Waals surface area contributed by atoms with Gasteiger partial charge in [0.2, 0.25) is 5.28 Å². The average Bonchev–Trinajstić information content (AvgIpc) is 2.36. The summed E-state index contributed by atoms with van der Waals surface area (Å²) >= 11 is 12.0. The molecule has 0 N–H and O–H groups in total. The molecule has 1 aliphatic carbocycles. The molecule has 1 heterocycles. The van der Waals surface area contributed by atoms with Gasteiger partial charge in [-0.1, -0.05) is 30.9 Å². The maximum Gasteiger partial charge on any atom is 0.224 e. The predicted molar refractivity (Wildman–Crippen MR) is 71.9 cm³/mol. The zero-order valence-corrected chi connectivity index (χ0v) is 11.5.